The van der Waals surface area contributed by atoms with Crippen LogP contribution in [0.25, 0.3) is 11.0 Å². The Bertz CT molecular complexity index is 858. The first-order valence-electron chi connectivity index (χ1n) is 8.44. The van der Waals surface area contributed by atoms with Gasteiger partial charge in [0.15, 0.2) is 6.54 Å². The molecule has 128 valence electrons. The monoisotopic (exact) mass is 354 g/mol. The second kappa shape index (κ2) is 7.16. The number of anilines is 2. The van der Waals surface area contributed by atoms with Crippen molar-refractivity contribution in [1.82, 2.24) is 8.75 Å². The van der Waals surface area contributed by atoms with Crippen molar-refractivity contribution in [2.75, 3.05) is 42.9 Å². The molecule has 1 amide bonds. The van der Waals surface area contributed by atoms with E-state index < -0.39 is 0 Å². The van der Waals surface area contributed by atoms with Gasteiger partial charge in [0, 0.05) is 5.69 Å². The number of para-hydroxylation sites is 1. The number of hydrogen-bond acceptors (Lipinski definition) is 5. The summed E-state index contributed by atoms with van der Waals surface area (Å²) < 4.78 is 8.47. The predicted molar refractivity (Wildman–Crippen MR) is 100 cm³/mol. The highest BCUT2D eigenvalue weighted by molar-refractivity contribution is 7.00. The zero-order valence-corrected chi connectivity index (χ0v) is 14.6. The van der Waals surface area contributed by atoms with Gasteiger partial charge in [0.1, 0.15) is 11.0 Å². The van der Waals surface area contributed by atoms with E-state index in [2.05, 4.69) is 43.2 Å². The number of aromatic nitrogens is 2. The van der Waals surface area contributed by atoms with E-state index in [1.54, 1.807) is 0 Å². The molecule has 0 unspecified atom stereocenters. The summed E-state index contributed by atoms with van der Waals surface area (Å²) in [4.78, 5) is 16.1. The van der Waals surface area contributed by atoms with Crippen LogP contribution in [-0.4, -0.2) is 47.4 Å². The largest absolute Gasteiger partial charge is 0.360 e. The Hall–Kier alpha value is -2.51. The molecule has 2 heterocycles. The number of rotatable bonds is 4. The summed E-state index contributed by atoms with van der Waals surface area (Å²) in [5, 5.41) is 2.99. The third kappa shape index (κ3) is 3.62. The second-order valence-corrected chi connectivity index (χ2v) is 6.76. The Balaban J connectivity index is 1.33. The van der Waals surface area contributed by atoms with Gasteiger partial charge in [0.2, 0.25) is 0 Å². The van der Waals surface area contributed by atoms with E-state index in [-0.39, 0.29) is 5.91 Å². The van der Waals surface area contributed by atoms with Crippen LogP contribution in [0.5, 0.6) is 0 Å². The molecular formula is C18H20N5OS+. The molecule has 1 aromatic heterocycles. The van der Waals surface area contributed by atoms with E-state index in [1.165, 1.54) is 22.3 Å². The van der Waals surface area contributed by atoms with Crippen molar-refractivity contribution < 1.29 is 9.69 Å². The lowest BCUT2D eigenvalue weighted by atomic mass is 10.2. The number of carbonyl (C=O) groups excluding carboxylic acids is 1. The second-order valence-electron chi connectivity index (χ2n) is 6.24. The van der Waals surface area contributed by atoms with Crippen molar-refractivity contribution in [3.05, 3.63) is 48.5 Å². The Labute approximate surface area is 150 Å². The highest BCUT2D eigenvalue weighted by atomic mass is 32.1. The first-order chi connectivity index (χ1) is 12.3. The fraction of sp³-hybridized carbons (Fsp3) is 0.278. The predicted octanol–water partition coefficient (Wildman–Crippen LogP) is 1.03. The maximum absolute atomic E-state index is 12.4. The van der Waals surface area contributed by atoms with Crippen molar-refractivity contribution in [3.63, 3.8) is 0 Å². The molecule has 2 aromatic carbocycles. The number of piperazine rings is 1. The topological polar surface area (TPSA) is 62.6 Å². The molecule has 0 radical (unpaired) electrons. The number of benzene rings is 2. The number of amides is 1. The number of nitrogens with one attached hydrogen (secondary N) is 2. The zero-order valence-electron chi connectivity index (χ0n) is 13.8. The Kier molecular flexibility index (Phi) is 4.58. The average molecular weight is 354 g/mol. The molecule has 1 aliphatic rings. The SMILES string of the molecule is O=C(C[NH+]1CCN(c2ccccc2)CC1)Nc1cccc2nsnc12. The first-order valence-corrected chi connectivity index (χ1v) is 9.17. The van der Waals surface area contributed by atoms with E-state index >= 15 is 0 Å². The van der Waals surface area contributed by atoms with Crippen molar-refractivity contribution >= 4 is 40.0 Å². The van der Waals surface area contributed by atoms with Crippen molar-refractivity contribution in [1.29, 1.82) is 0 Å². The Morgan fingerprint density at radius 1 is 1.08 bits per heavy atom. The first kappa shape index (κ1) is 16.0. The van der Waals surface area contributed by atoms with Gasteiger partial charge in [0.25, 0.3) is 5.91 Å². The van der Waals surface area contributed by atoms with Gasteiger partial charge in [-0.25, -0.2) is 0 Å². The molecule has 0 saturated carbocycles. The number of carbonyl (C=O) groups is 1. The number of fused-ring (bicyclic) bond motifs is 1. The van der Waals surface area contributed by atoms with Gasteiger partial charge in [-0.05, 0) is 24.3 Å². The van der Waals surface area contributed by atoms with Crippen LogP contribution in [-0.2, 0) is 4.79 Å². The molecule has 0 spiro atoms. The van der Waals surface area contributed by atoms with Crippen LogP contribution in [0.1, 0.15) is 0 Å². The molecule has 3 aromatic rings. The number of quaternary nitrogens is 1. The van der Waals surface area contributed by atoms with Crippen LogP contribution in [0.3, 0.4) is 0 Å². The van der Waals surface area contributed by atoms with Crippen molar-refractivity contribution in [2.24, 2.45) is 0 Å². The van der Waals surface area contributed by atoms with E-state index in [9.17, 15) is 4.79 Å². The highest BCUT2D eigenvalue weighted by Gasteiger charge is 2.22. The van der Waals surface area contributed by atoms with Crippen molar-refractivity contribution in [2.45, 2.75) is 0 Å². The summed E-state index contributed by atoms with van der Waals surface area (Å²) in [7, 11) is 0. The summed E-state index contributed by atoms with van der Waals surface area (Å²) in [5.74, 6) is 0.0312. The van der Waals surface area contributed by atoms with Gasteiger partial charge >= 0.3 is 0 Å². The van der Waals surface area contributed by atoms with E-state index in [4.69, 9.17) is 0 Å². The summed E-state index contributed by atoms with van der Waals surface area (Å²) in [6.45, 7) is 4.35. The number of nitrogens with zero attached hydrogens (tertiary/aromatic N) is 3. The Morgan fingerprint density at radius 2 is 1.88 bits per heavy atom. The molecular weight excluding hydrogens is 334 g/mol. The molecule has 6 nitrogen and oxygen atoms in total. The minimum atomic E-state index is 0.0312. The fourth-order valence-electron chi connectivity index (χ4n) is 3.23. The lowest BCUT2D eigenvalue weighted by Crippen LogP contribution is -3.15. The summed E-state index contributed by atoms with van der Waals surface area (Å²) in [6, 6.07) is 16.1. The smallest absolute Gasteiger partial charge is 0.279 e. The Morgan fingerprint density at radius 3 is 2.68 bits per heavy atom. The quantitative estimate of drug-likeness (QED) is 0.735. The molecule has 1 saturated heterocycles. The lowest BCUT2D eigenvalue weighted by Gasteiger charge is -2.33. The third-order valence-corrected chi connectivity index (χ3v) is 5.11. The maximum atomic E-state index is 12.4. The third-order valence-electron chi connectivity index (χ3n) is 4.56. The van der Waals surface area contributed by atoms with Crippen LogP contribution < -0.4 is 15.1 Å². The minimum absolute atomic E-state index is 0.0312. The number of hydrogen-bond donors (Lipinski definition) is 2. The molecule has 0 atom stereocenters. The zero-order chi connectivity index (χ0) is 17.1. The van der Waals surface area contributed by atoms with Gasteiger partial charge in [-0.2, -0.15) is 8.75 Å². The molecule has 2 N–H and O–H groups in total. The van der Waals surface area contributed by atoms with Crippen LogP contribution in [0, 0.1) is 0 Å². The lowest BCUT2D eigenvalue weighted by molar-refractivity contribution is -0.892. The van der Waals surface area contributed by atoms with Gasteiger partial charge in [-0.3, -0.25) is 4.79 Å². The minimum Gasteiger partial charge on any atom is -0.360 e. The van der Waals surface area contributed by atoms with Gasteiger partial charge in [0.05, 0.1) is 43.6 Å². The standard InChI is InChI=1S/C18H19N5OS/c24-17(19-15-7-4-8-16-18(15)21-25-20-16)13-22-9-11-23(12-10-22)14-5-2-1-3-6-14/h1-8H,9-13H2,(H,19,24)/p+1. The van der Waals surface area contributed by atoms with E-state index in [1.807, 2.05) is 24.3 Å². The molecule has 0 aliphatic carbocycles. The fourth-order valence-corrected chi connectivity index (χ4v) is 3.77. The van der Waals surface area contributed by atoms with Gasteiger partial charge < -0.3 is 15.1 Å². The molecule has 1 fully saturated rings. The molecule has 0 bridgehead atoms. The summed E-state index contributed by atoms with van der Waals surface area (Å²) in [5.41, 5.74) is 3.60. The molecule has 25 heavy (non-hydrogen) atoms. The maximum Gasteiger partial charge on any atom is 0.279 e. The van der Waals surface area contributed by atoms with Gasteiger partial charge in [-0.1, -0.05) is 24.3 Å². The van der Waals surface area contributed by atoms with Crippen LogP contribution in [0.2, 0.25) is 0 Å². The van der Waals surface area contributed by atoms with Gasteiger partial charge in [-0.15, -0.1) is 0 Å². The normalized spacial score (nSPS) is 15.4. The summed E-state index contributed by atoms with van der Waals surface area (Å²) >= 11 is 1.17. The van der Waals surface area contributed by atoms with E-state index in [0.717, 1.165) is 42.9 Å². The van der Waals surface area contributed by atoms with E-state index in [0.29, 0.717) is 6.54 Å². The average Bonchev–Trinajstić information content (AvgIpc) is 3.13. The molecule has 7 heteroatoms. The van der Waals surface area contributed by atoms with Crippen LogP contribution in [0.15, 0.2) is 48.5 Å². The molecule has 1 aliphatic heterocycles. The van der Waals surface area contributed by atoms with Crippen molar-refractivity contribution in [3.8, 4) is 0 Å². The van der Waals surface area contributed by atoms with Crippen LogP contribution >= 0.6 is 11.7 Å². The summed E-state index contributed by atoms with van der Waals surface area (Å²) in [6.07, 6.45) is 0. The highest BCUT2D eigenvalue weighted by Crippen LogP contribution is 2.20. The molecule has 4 rings (SSSR count). The van der Waals surface area contributed by atoms with Crippen LogP contribution in [0.4, 0.5) is 11.4 Å².